The van der Waals surface area contributed by atoms with Gasteiger partial charge >= 0.3 is 0 Å². The van der Waals surface area contributed by atoms with Gasteiger partial charge < -0.3 is 10.6 Å². The summed E-state index contributed by atoms with van der Waals surface area (Å²) in [6, 6.07) is 8.84. The maximum Gasteiger partial charge on any atom is 0.148 e. The molecule has 0 atom stereocenters. The number of para-hydroxylation sites is 1. The molecule has 0 aliphatic heterocycles. The van der Waals surface area contributed by atoms with E-state index >= 15 is 0 Å². The molecule has 2 aromatic carbocycles. The van der Waals surface area contributed by atoms with Crippen molar-refractivity contribution in [3.63, 3.8) is 0 Å². The molecule has 2 N–H and O–H groups in total. The van der Waals surface area contributed by atoms with Crippen molar-refractivity contribution in [1.29, 1.82) is 0 Å². The van der Waals surface area contributed by atoms with Gasteiger partial charge in [0, 0.05) is 11.5 Å². The van der Waals surface area contributed by atoms with E-state index in [4.69, 9.17) is 5.73 Å². The van der Waals surface area contributed by atoms with Gasteiger partial charge in [0.2, 0.25) is 0 Å². The molecule has 0 radical (unpaired) electrons. The van der Waals surface area contributed by atoms with Crippen LogP contribution in [0.4, 0.5) is 25.8 Å². The summed E-state index contributed by atoms with van der Waals surface area (Å²) in [5.74, 6) is -0.930. The third-order valence-corrected chi connectivity index (χ3v) is 3.12. The zero-order valence-electron chi connectivity index (χ0n) is 9.62. The van der Waals surface area contributed by atoms with Crippen molar-refractivity contribution in [2.75, 3.05) is 17.7 Å². The quantitative estimate of drug-likeness (QED) is 0.847. The van der Waals surface area contributed by atoms with Crippen LogP contribution in [0.25, 0.3) is 0 Å². The van der Waals surface area contributed by atoms with E-state index in [2.05, 4.69) is 15.9 Å². The fraction of sp³-hybridized carbons (Fsp3) is 0.0769. The standard InChI is InChI=1S/C13H11BrF2N2/c1-18(12-7-8(14)5-6-9(12)15)13-10(16)3-2-4-11(13)17/h2-7H,17H2,1H3. The maximum atomic E-state index is 13.8. The molecule has 0 aliphatic rings. The summed E-state index contributed by atoms with van der Waals surface area (Å²) >= 11 is 3.26. The Kier molecular flexibility index (Phi) is 3.52. The summed E-state index contributed by atoms with van der Waals surface area (Å²) < 4.78 is 28.2. The first-order chi connectivity index (χ1) is 8.50. The molecule has 0 heterocycles. The van der Waals surface area contributed by atoms with Crippen molar-refractivity contribution in [3.8, 4) is 0 Å². The predicted molar refractivity (Wildman–Crippen MR) is 73.0 cm³/mol. The Bertz CT molecular complexity index is 567. The number of anilines is 3. The molecule has 18 heavy (non-hydrogen) atoms. The summed E-state index contributed by atoms with van der Waals surface area (Å²) in [5.41, 5.74) is 6.41. The molecular formula is C13H11BrF2N2. The normalized spacial score (nSPS) is 10.4. The Morgan fingerprint density at radius 2 is 1.83 bits per heavy atom. The highest BCUT2D eigenvalue weighted by Crippen LogP contribution is 2.34. The fourth-order valence-corrected chi connectivity index (χ4v) is 2.10. The van der Waals surface area contributed by atoms with Gasteiger partial charge in [0.25, 0.3) is 0 Å². The Balaban J connectivity index is 2.54. The van der Waals surface area contributed by atoms with Crippen LogP contribution in [0.15, 0.2) is 40.9 Å². The second-order valence-electron chi connectivity index (χ2n) is 3.83. The first-order valence-corrected chi connectivity index (χ1v) is 6.03. The zero-order valence-corrected chi connectivity index (χ0v) is 11.2. The van der Waals surface area contributed by atoms with Gasteiger partial charge in [-0.05, 0) is 30.3 Å². The van der Waals surface area contributed by atoms with Gasteiger partial charge in [-0.2, -0.15) is 0 Å². The first-order valence-electron chi connectivity index (χ1n) is 5.23. The fourth-order valence-electron chi connectivity index (χ4n) is 1.75. The third kappa shape index (κ3) is 2.31. The molecule has 0 unspecified atom stereocenters. The lowest BCUT2D eigenvalue weighted by molar-refractivity contribution is 0.618. The number of halogens is 3. The van der Waals surface area contributed by atoms with Crippen LogP contribution < -0.4 is 10.6 Å². The smallest absolute Gasteiger partial charge is 0.148 e. The van der Waals surface area contributed by atoms with Crippen LogP contribution in [-0.4, -0.2) is 7.05 Å². The molecule has 0 aromatic heterocycles. The second-order valence-corrected chi connectivity index (χ2v) is 4.75. The first kappa shape index (κ1) is 12.8. The molecule has 0 saturated carbocycles. The largest absolute Gasteiger partial charge is 0.397 e. The highest BCUT2D eigenvalue weighted by molar-refractivity contribution is 9.10. The average molecular weight is 313 g/mol. The lowest BCUT2D eigenvalue weighted by Gasteiger charge is -2.22. The lowest BCUT2D eigenvalue weighted by atomic mass is 10.2. The van der Waals surface area contributed by atoms with Crippen molar-refractivity contribution < 1.29 is 8.78 Å². The van der Waals surface area contributed by atoms with E-state index in [9.17, 15) is 8.78 Å². The van der Waals surface area contributed by atoms with Crippen LogP contribution >= 0.6 is 15.9 Å². The van der Waals surface area contributed by atoms with Crippen molar-refractivity contribution in [2.24, 2.45) is 0 Å². The number of nitrogens with zero attached hydrogens (tertiary/aromatic N) is 1. The maximum absolute atomic E-state index is 13.8. The van der Waals surface area contributed by atoms with E-state index in [1.54, 1.807) is 25.2 Å². The number of nitrogen functional groups attached to an aromatic ring is 1. The molecule has 2 aromatic rings. The van der Waals surface area contributed by atoms with Gasteiger partial charge in [-0.15, -0.1) is 0 Å². The number of benzene rings is 2. The van der Waals surface area contributed by atoms with Gasteiger partial charge in [-0.1, -0.05) is 22.0 Å². The molecule has 2 nitrogen and oxygen atoms in total. The van der Waals surface area contributed by atoms with Gasteiger partial charge in [0.15, 0.2) is 0 Å². The van der Waals surface area contributed by atoms with Crippen LogP contribution in [0.2, 0.25) is 0 Å². The third-order valence-electron chi connectivity index (χ3n) is 2.62. The van der Waals surface area contributed by atoms with Crippen molar-refractivity contribution in [1.82, 2.24) is 0 Å². The molecule has 0 saturated heterocycles. The molecule has 0 spiro atoms. The van der Waals surface area contributed by atoms with Crippen LogP contribution in [0.3, 0.4) is 0 Å². The van der Waals surface area contributed by atoms with Gasteiger partial charge in [-0.25, -0.2) is 8.78 Å². The number of rotatable bonds is 2. The van der Waals surface area contributed by atoms with E-state index in [-0.39, 0.29) is 17.1 Å². The highest BCUT2D eigenvalue weighted by Gasteiger charge is 2.16. The monoisotopic (exact) mass is 312 g/mol. The predicted octanol–water partition coefficient (Wildman–Crippen LogP) is 4.08. The molecular weight excluding hydrogens is 302 g/mol. The molecule has 5 heteroatoms. The van der Waals surface area contributed by atoms with Crippen LogP contribution in [0.5, 0.6) is 0 Å². The summed E-state index contributed by atoms with van der Waals surface area (Å²) in [4.78, 5) is 1.39. The Hall–Kier alpha value is -1.62. The Morgan fingerprint density at radius 3 is 2.50 bits per heavy atom. The van der Waals surface area contributed by atoms with E-state index < -0.39 is 11.6 Å². The minimum absolute atomic E-state index is 0.162. The number of hydrogen-bond acceptors (Lipinski definition) is 2. The van der Waals surface area contributed by atoms with Crippen molar-refractivity contribution in [3.05, 3.63) is 52.5 Å². The average Bonchev–Trinajstić information content (AvgIpc) is 2.32. The second kappa shape index (κ2) is 4.94. The van der Waals surface area contributed by atoms with Gasteiger partial charge in [0.05, 0.1) is 11.4 Å². The summed E-state index contributed by atoms with van der Waals surface area (Å²) in [5, 5.41) is 0. The number of hydrogen-bond donors (Lipinski definition) is 1. The molecule has 0 aliphatic carbocycles. The number of nitrogens with two attached hydrogens (primary N) is 1. The summed E-state index contributed by atoms with van der Waals surface area (Å²) in [7, 11) is 1.57. The van der Waals surface area contributed by atoms with Gasteiger partial charge in [-0.3, -0.25) is 0 Å². The van der Waals surface area contributed by atoms with Crippen LogP contribution in [0, 0.1) is 11.6 Å². The van der Waals surface area contributed by atoms with Crippen LogP contribution in [0.1, 0.15) is 0 Å². The molecule has 0 fully saturated rings. The Labute approximate surface area is 112 Å². The lowest BCUT2D eigenvalue weighted by Crippen LogP contribution is -2.15. The minimum Gasteiger partial charge on any atom is -0.397 e. The minimum atomic E-state index is -0.489. The van der Waals surface area contributed by atoms with E-state index in [1.165, 1.54) is 23.1 Å². The van der Waals surface area contributed by atoms with E-state index in [0.717, 1.165) is 0 Å². The SMILES string of the molecule is CN(c1cc(Br)ccc1F)c1c(N)cccc1F. The summed E-state index contributed by atoms with van der Waals surface area (Å²) in [6.07, 6.45) is 0. The summed E-state index contributed by atoms with van der Waals surface area (Å²) in [6.45, 7) is 0. The highest BCUT2D eigenvalue weighted by atomic mass is 79.9. The Morgan fingerprint density at radius 1 is 1.11 bits per heavy atom. The molecule has 0 amide bonds. The van der Waals surface area contributed by atoms with E-state index in [1.807, 2.05) is 0 Å². The van der Waals surface area contributed by atoms with Gasteiger partial charge in [0.1, 0.15) is 17.3 Å². The van der Waals surface area contributed by atoms with Crippen LogP contribution in [-0.2, 0) is 0 Å². The van der Waals surface area contributed by atoms with Crippen molar-refractivity contribution >= 4 is 33.0 Å². The molecule has 2 rings (SSSR count). The zero-order chi connectivity index (χ0) is 13.3. The molecule has 94 valence electrons. The topological polar surface area (TPSA) is 29.3 Å². The van der Waals surface area contributed by atoms with E-state index in [0.29, 0.717) is 4.47 Å². The van der Waals surface area contributed by atoms with Crippen molar-refractivity contribution in [2.45, 2.75) is 0 Å². The molecule has 0 bridgehead atoms.